The van der Waals surface area contributed by atoms with Gasteiger partial charge in [0.1, 0.15) is 5.82 Å². The van der Waals surface area contributed by atoms with Crippen LogP contribution in [0.15, 0.2) is 12.3 Å². The van der Waals surface area contributed by atoms with Gasteiger partial charge in [0, 0.05) is 33.4 Å². The SMILES string of the molecule is CCOC(CNc1ccnc(N(C)C)n1)CC(=O)O. The van der Waals surface area contributed by atoms with Gasteiger partial charge >= 0.3 is 5.97 Å². The highest BCUT2D eigenvalue weighted by Crippen LogP contribution is 2.09. The van der Waals surface area contributed by atoms with Crippen LogP contribution in [0.5, 0.6) is 0 Å². The maximum absolute atomic E-state index is 10.7. The van der Waals surface area contributed by atoms with Crippen molar-refractivity contribution in [3.63, 3.8) is 0 Å². The van der Waals surface area contributed by atoms with Crippen LogP contribution in [-0.2, 0) is 9.53 Å². The zero-order valence-corrected chi connectivity index (χ0v) is 11.5. The fourth-order valence-electron chi connectivity index (χ4n) is 1.50. The van der Waals surface area contributed by atoms with E-state index in [-0.39, 0.29) is 12.5 Å². The van der Waals surface area contributed by atoms with E-state index in [1.807, 2.05) is 21.0 Å². The van der Waals surface area contributed by atoms with Crippen LogP contribution in [0.4, 0.5) is 11.8 Å². The molecule has 1 rings (SSSR count). The molecular weight excluding hydrogens is 248 g/mol. The van der Waals surface area contributed by atoms with E-state index in [2.05, 4.69) is 15.3 Å². The van der Waals surface area contributed by atoms with Crippen molar-refractivity contribution < 1.29 is 14.6 Å². The summed E-state index contributed by atoms with van der Waals surface area (Å²) in [5.41, 5.74) is 0. The zero-order valence-electron chi connectivity index (χ0n) is 11.5. The molecule has 19 heavy (non-hydrogen) atoms. The summed E-state index contributed by atoms with van der Waals surface area (Å²) in [6, 6.07) is 1.73. The number of rotatable bonds is 8. The number of carboxylic acid groups (broad SMARTS) is 1. The molecule has 7 heteroatoms. The van der Waals surface area contributed by atoms with Gasteiger partial charge in [0.25, 0.3) is 0 Å². The van der Waals surface area contributed by atoms with Crippen LogP contribution in [0, 0.1) is 0 Å². The first-order valence-corrected chi connectivity index (χ1v) is 6.10. The molecule has 0 fully saturated rings. The topological polar surface area (TPSA) is 87.6 Å². The van der Waals surface area contributed by atoms with E-state index < -0.39 is 5.97 Å². The number of hydrogen-bond acceptors (Lipinski definition) is 6. The number of aliphatic carboxylic acids is 1. The fraction of sp³-hybridized carbons (Fsp3) is 0.583. The first-order valence-electron chi connectivity index (χ1n) is 6.10. The largest absolute Gasteiger partial charge is 0.481 e. The Morgan fingerprint density at radius 2 is 2.32 bits per heavy atom. The molecule has 1 heterocycles. The summed E-state index contributed by atoms with van der Waals surface area (Å²) < 4.78 is 5.36. The summed E-state index contributed by atoms with van der Waals surface area (Å²) in [5.74, 6) is 0.363. The molecule has 1 aromatic heterocycles. The maximum Gasteiger partial charge on any atom is 0.306 e. The minimum absolute atomic E-state index is 0.0353. The lowest BCUT2D eigenvalue weighted by Gasteiger charge is -2.17. The molecule has 0 aliphatic heterocycles. The van der Waals surface area contributed by atoms with E-state index in [0.29, 0.717) is 24.9 Å². The fourth-order valence-corrected chi connectivity index (χ4v) is 1.50. The van der Waals surface area contributed by atoms with Gasteiger partial charge in [0.2, 0.25) is 5.95 Å². The lowest BCUT2D eigenvalue weighted by Crippen LogP contribution is -2.26. The second-order valence-corrected chi connectivity index (χ2v) is 4.19. The Hall–Kier alpha value is -1.89. The third-order valence-electron chi connectivity index (χ3n) is 2.36. The van der Waals surface area contributed by atoms with E-state index >= 15 is 0 Å². The van der Waals surface area contributed by atoms with Gasteiger partial charge in [-0.1, -0.05) is 0 Å². The third kappa shape index (κ3) is 5.52. The number of hydrogen-bond donors (Lipinski definition) is 2. The minimum atomic E-state index is -0.878. The average Bonchev–Trinajstić information content (AvgIpc) is 2.36. The normalized spacial score (nSPS) is 11.9. The van der Waals surface area contributed by atoms with Gasteiger partial charge in [-0.2, -0.15) is 4.98 Å². The van der Waals surface area contributed by atoms with Crippen molar-refractivity contribution >= 4 is 17.7 Å². The summed E-state index contributed by atoms with van der Waals surface area (Å²) in [5, 5.41) is 11.8. The number of nitrogens with zero attached hydrogens (tertiary/aromatic N) is 3. The summed E-state index contributed by atoms with van der Waals surface area (Å²) in [6.45, 7) is 2.71. The Kier molecular flexibility index (Phi) is 6.01. The molecule has 0 radical (unpaired) electrons. The first kappa shape index (κ1) is 15.2. The summed E-state index contributed by atoms with van der Waals surface area (Å²) >= 11 is 0. The van der Waals surface area contributed by atoms with Gasteiger partial charge < -0.3 is 20.1 Å². The van der Waals surface area contributed by atoms with E-state index in [4.69, 9.17) is 9.84 Å². The van der Waals surface area contributed by atoms with Crippen molar-refractivity contribution in [2.24, 2.45) is 0 Å². The van der Waals surface area contributed by atoms with Crippen LogP contribution in [0.1, 0.15) is 13.3 Å². The second-order valence-electron chi connectivity index (χ2n) is 4.19. The van der Waals surface area contributed by atoms with Crippen LogP contribution < -0.4 is 10.2 Å². The van der Waals surface area contributed by atoms with Gasteiger partial charge in [-0.15, -0.1) is 0 Å². The summed E-state index contributed by atoms with van der Waals surface area (Å²) in [6.07, 6.45) is 1.24. The van der Waals surface area contributed by atoms with E-state index in [1.54, 1.807) is 17.2 Å². The van der Waals surface area contributed by atoms with Crippen molar-refractivity contribution in [2.45, 2.75) is 19.4 Å². The van der Waals surface area contributed by atoms with Crippen molar-refractivity contribution in [1.82, 2.24) is 9.97 Å². The Labute approximate surface area is 112 Å². The molecule has 0 amide bonds. The van der Waals surface area contributed by atoms with Crippen LogP contribution >= 0.6 is 0 Å². The van der Waals surface area contributed by atoms with E-state index in [0.717, 1.165) is 0 Å². The number of anilines is 2. The molecule has 0 saturated carbocycles. The van der Waals surface area contributed by atoms with Crippen LogP contribution in [0.3, 0.4) is 0 Å². The lowest BCUT2D eigenvalue weighted by molar-refractivity contribution is -0.139. The molecule has 0 aliphatic carbocycles. The Morgan fingerprint density at radius 3 is 2.89 bits per heavy atom. The molecule has 0 aliphatic rings. The number of ether oxygens (including phenoxy) is 1. The minimum Gasteiger partial charge on any atom is -0.481 e. The first-order chi connectivity index (χ1) is 9.02. The Balaban J connectivity index is 2.58. The predicted molar refractivity (Wildman–Crippen MR) is 72.5 cm³/mol. The highest BCUT2D eigenvalue weighted by molar-refractivity contribution is 5.67. The third-order valence-corrected chi connectivity index (χ3v) is 2.36. The molecule has 1 atom stereocenters. The molecule has 0 saturated heterocycles. The predicted octanol–water partition coefficient (Wildman–Crippen LogP) is 0.834. The molecular formula is C12H20N4O3. The van der Waals surface area contributed by atoms with Crippen molar-refractivity contribution in [2.75, 3.05) is 37.5 Å². The molecule has 106 valence electrons. The van der Waals surface area contributed by atoms with E-state index in [1.165, 1.54) is 0 Å². The quantitative estimate of drug-likeness (QED) is 0.722. The molecule has 7 nitrogen and oxygen atoms in total. The Morgan fingerprint density at radius 1 is 1.58 bits per heavy atom. The van der Waals surface area contributed by atoms with Crippen LogP contribution in [-0.4, -0.2) is 54.4 Å². The highest BCUT2D eigenvalue weighted by atomic mass is 16.5. The summed E-state index contributed by atoms with van der Waals surface area (Å²) in [4.78, 5) is 20.9. The lowest BCUT2D eigenvalue weighted by atomic mass is 10.2. The molecule has 1 unspecified atom stereocenters. The van der Waals surface area contributed by atoms with Gasteiger partial charge in [-0.05, 0) is 13.0 Å². The van der Waals surface area contributed by atoms with Crippen molar-refractivity contribution in [3.8, 4) is 0 Å². The van der Waals surface area contributed by atoms with Crippen LogP contribution in [0.2, 0.25) is 0 Å². The smallest absolute Gasteiger partial charge is 0.306 e. The number of nitrogens with one attached hydrogen (secondary N) is 1. The standard InChI is InChI=1S/C12H20N4O3/c1-4-19-9(7-11(17)18)8-14-10-5-6-13-12(15-10)16(2)3/h5-6,9H,4,7-8H2,1-3H3,(H,17,18)(H,13,14,15). The van der Waals surface area contributed by atoms with Gasteiger partial charge in [-0.25, -0.2) is 4.98 Å². The molecule has 1 aromatic rings. The van der Waals surface area contributed by atoms with Gasteiger partial charge in [0.05, 0.1) is 12.5 Å². The molecule has 0 bridgehead atoms. The van der Waals surface area contributed by atoms with E-state index in [9.17, 15) is 4.79 Å². The monoisotopic (exact) mass is 268 g/mol. The summed E-state index contributed by atoms with van der Waals surface area (Å²) in [7, 11) is 3.71. The van der Waals surface area contributed by atoms with Crippen LogP contribution in [0.25, 0.3) is 0 Å². The number of carbonyl (C=O) groups is 1. The van der Waals surface area contributed by atoms with Gasteiger partial charge in [-0.3, -0.25) is 4.79 Å². The Bertz CT molecular complexity index is 412. The zero-order chi connectivity index (χ0) is 14.3. The number of aromatic nitrogens is 2. The van der Waals surface area contributed by atoms with Gasteiger partial charge in [0.15, 0.2) is 0 Å². The second kappa shape index (κ2) is 7.52. The molecule has 0 aromatic carbocycles. The van der Waals surface area contributed by atoms with Crippen molar-refractivity contribution in [3.05, 3.63) is 12.3 Å². The maximum atomic E-state index is 10.7. The van der Waals surface area contributed by atoms with Crippen molar-refractivity contribution in [1.29, 1.82) is 0 Å². The average molecular weight is 268 g/mol. The molecule has 2 N–H and O–H groups in total. The molecule has 0 spiro atoms. The number of carboxylic acids is 1. The highest BCUT2D eigenvalue weighted by Gasteiger charge is 2.13.